The molecule has 2 aromatic rings. The highest BCUT2D eigenvalue weighted by Gasteiger charge is 2.30. The molecule has 2 aliphatic rings. The van der Waals surface area contributed by atoms with Crippen LogP contribution in [0.5, 0.6) is 0 Å². The number of hydrogen-bond donors (Lipinski definition) is 1. The SMILES string of the molecule is Cc1ccc2nc(N3CCC(C(=O)NC4CC4)CC3)sc2c1. The number of fused-ring (bicyclic) bond motifs is 1. The van der Waals surface area contributed by atoms with Crippen LogP contribution < -0.4 is 10.2 Å². The van der Waals surface area contributed by atoms with Gasteiger partial charge in [-0.2, -0.15) is 0 Å². The molecule has 5 heteroatoms. The number of benzene rings is 1. The van der Waals surface area contributed by atoms with Gasteiger partial charge in [-0.3, -0.25) is 4.79 Å². The van der Waals surface area contributed by atoms with E-state index in [1.807, 2.05) is 0 Å². The van der Waals surface area contributed by atoms with E-state index in [4.69, 9.17) is 4.98 Å². The maximum atomic E-state index is 12.1. The Kier molecular flexibility index (Phi) is 3.53. The zero-order valence-corrected chi connectivity index (χ0v) is 13.7. The Hall–Kier alpha value is -1.62. The van der Waals surface area contributed by atoms with E-state index in [1.165, 1.54) is 10.3 Å². The lowest BCUT2D eigenvalue weighted by molar-refractivity contribution is -0.125. The number of carbonyl (C=O) groups excluding carboxylic acids is 1. The smallest absolute Gasteiger partial charge is 0.223 e. The molecule has 0 radical (unpaired) electrons. The van der Waals surface area contributed by atoms with E-state index >= 15 is 0 Å². The topological polar surface area (TPSA) is 45.2 Å². The number of amides is 1. The van der Waals surface area contributed by atoms with E-state index in [0.717, 1.165) is 49.4 Å². The van der Waals surface area contributed by atoms with Crippen LogP contribution in [0.15, 0.2) is 18.2 Å². The number of aromatic nitrogens is 1. The van der Waals surface area contributed by atoms with Crippen LogP contribution in [-0.2, 0) is 4.79 Å². The first-order valence-electron chi connectivity index (χ1n) is 8.11. The Morgan fingerprint density at radius 1 is 1.27 bits per heavy atom. The van der Waals surface area contributed by atoms with Crippen LogP contribution >= 0.6 is 11.3 Å². The molecule has 4 nitrogen and oxygen atoms in total. The van der Waals surface area contributed by atoms with Crippen molar-refractivity contribution in [3.8, 4) is 0 Å². The van der Waals surface area contributed by atoms with Gasteiger partial charge in [0.1, 0.15) is 0 Å². The summed E-state index contributed by atoms with van der Waals surface area (Å²) in [5.74, 6) is 0.454. The number of rotatable bonds is 3. The van der Waals surface area contributed by atoms with Crippen molar-refractivity contribution in [2.24, 2.45) is 5.92 Å². The molecule has 1 N–H and O–H groups in total. The van der Waals surface area contributed by atoms with Gasteiger partial charge in [0, 0.05) is 25.0 Å². The number of nitrogens with zero attached hydrogens (tertiary/aromatic N) is 2. The van der Waals surface area contributed by atoms with Crippen molar-refractivity contribution in [1.82, 2.24) is 10.3 Å². The fourth-order valence-electron chi connectivity index (χ4n) is 3.03. The highest BCUT2D eigenvalue weighted by Crippen LogP contribution is 2.32. The van der Waals surface area contributed by atoms with Gasteiger partial charge in [0.15, 0.2) is 5.13 Å². The first-order valence-corrected chi connectivity index (χ1v) is 8.93. The highest BCUT2D eigenvalue weighted by atomic mass is 32.1. The quantitative estimate of drug-likeness (QED) is 0.946. The fourth-order valence-corrected chi connectivity index (χ4v) is 4.15. The summed E-state index contributed by atoms with van der Waals surface area (Å²) in [7, 11) is 0. The van der Waals surface area contributed by atoms with Crippen LogP contribution in [0.25, 0.3) is 10.2 Å². The minimum atomic E-state index is 0.188. The second kappa shape index (κ2) is 5.54. The summed E-state index contributed by atoms with van der Waals surface area (Å²) in [4.78, 5) is 19.2. The second-order valence-corrected chi connectivity index (χ2v) is 7.52. The molecular weight excluding hydrogens is 294 g/mol. The van der Waals surface area contributed by atoms with Crippen molar-refractivity contribution < 1.29 is 4.79 Å². The number of aryl methyl sites for hydroxylation is 1. The van der Waals surface area contributed by atoms with Gasteiger partial charge < -0.3 is 10.2 Å². The largest absolute Gasteiger partial charge is 0.353 e. The number of anilines is 1. The number of nitrogens with one attached hydrogen (secondary N) is 1. The summed E-state index contributed by atoms with van der Waals surface area (Å²) in [6.07, 6.45) is 4.20. The molecule has 0 spiro atoms. The molecule has 0 bridgehead atoms. The molecular formula is C17H21N3OS. The lowest BCUT2D eigenvalue weighted by Crippen LogP contribution is -2.41. The molecule has 1 amide bonds. The summed E-state index contributed by atoms with van der Waals surface area (Å²) >= 11 is 1.76. The molecule has 2 heterocycles. The second-order valence-electron chi connectivity index (χ2n) is 6.51. The Labute approximate surface area is 134 Å². The predicted molar refractivity (Wildman–Crippen MR) is 90.5 cm³/mol. The van der Waals surface area contributed by atoms with E-state index in [2.05, 4.69) is 35.3 Å². The molecule has 1 aromatic heterocycles. The maximum Gasteiger partial charge on any atom is 0.223 e. The zero-order valence-electron chi connectivity index (χ0n) is 12.8. The van der Waals surface area contributed by atoms with E-state index in [0.29, 0.717) is 6.04 Å². The number of carbonyl (C=O) groups is 1. The predicted octanol–water partition coefficient (Wildman–Crippen LogP) is 3.10. The van der Waals surface area contributed by atoms with Crippen LogP contribution in [0.4, 0.5) is 5.13 Å². The minimum absolute atomic E-state index is 0.188. The molecule has 1 aromatic carbocycles. The lowest BCUT2D eigenvalue weighted by Gasteiger charge is -2.31. The van der Waals surface area contributed by atoms with Gasteiger partial charge in [-0.15, -0.1) is 0 Å². The van der Waals surface area contributed by atoms with Crippen LogP contribution in [-0.4, -0.2) is 30.0 Å². The van der Waals surface area contributed by atoms with Crippen molar-refractivity contribution in [1.29, 1.82) is 0 Å². The van der Waals surface area contributed by atoms with Crippen LogP contribution in [0, 0.1) is 12.8 Å². The van der Waals surface area contributed by atoms with Gasteiger partial charge >= 0.3 is 0 Å². The lowest BCUT2D eigenvalue weighted by atomic mass is 9.96. The third-order valence-corrected chi connectivity index (χ3v) is 5.67. The molecule has 1 saturated heterocycles. The summed E-state index contributed by atoms with van der Waals surface area (Å²) in [5.41, 5.74) is 2.36. The van der Waals surface area contributed by atoms with Gasteiger partial charge in [0.05, 0.1) is 10.2 Å². The molecule has 22 heavy (non-hydrogen) atoms. The molecule has 1 aliphatic heterocycles. The van der Waals surface area contributed by atoms with Crippen LogP contribution in [0.3, 0.4) is 0 Å². The Morgan fingerprint density at radius 2 is 2.05 bits per heavy atom. The van der Waals surface area contributed by atoms with E-state index in [9.17, 15) is 4.79 Å². The van der Waals surface area contributed by atoms with Crippen LogP contribution in [0.1, 0.15) is 31.2 Å². The minimum Gasteiger partial charge on any atom is -0.353 e. The van der Waals surface area contributed by atoms with Gasteiger partial charge in [-0.1, -0.05) is 17.4 Å². The van der Waals surface area contributed by atoms with Crippen molar-refractivity contribution in [3.63, 3.8) is 0 Å². The molecule has 2 fully saturated rings. The van der Waals surface area contributed by atoms with Crippen molar-refractivity contribution >= 4 is 32.6 Å². The van der Waals surface area contributed by atoms with Gasteiger partial charge in [-0.05, 0) is 50.3 Å². The Balaban J connectivity index is 1.42. The standard InChI is InChI=1S/C17H21N3OS/c1-11-2-5-14-15(10-11)22-17(19-14)20-8-6-12(7-9-20)16(21)18-13-3-4-13/h2,5,10,12-13H,3-4,6-9H2,1H3,(H,18,21). The molecule has 1 saturated carbocycles. The Bertz CT molecular complexity index is 699. The van der Waals surface area contributed by atoms with Gasteiger partial charge in [0.2, 0.25) is 5.91 Å². The monoisotopic (exact) mass is 315 g/mol. The first-order chi connectivity index (χ1) is 10.7. The summed E-state index contributed by atoms with van der Waals surface area (Å²) in [5, 5.41) is 4.23. The summed E-state index contributed by atoms with van der Waals surface area (Å²) in [6.45, 7) is 3.98. The molecule has 0 unspecified atom stereocenters. The molecule has 1 aliphatic carbocycles. The maximum absolute atomic E-state index is 12.1. The Morgan fingerprint density at radius 3 is 2.77 bits per heavy atom. The van der Waals surface area contributed by atoms with Crippen molar-refractivity contribution in [2.75, 3.05) is 18.0 Å². The highest BCUT2D eigenvalue weighted by molar-refractivity contribution is 7.22. The molecule has 0 atom stereocenters. The number of piperidine rings is 1. The van der Waals surface area contributed by atoms with Crippen molar-refractivity contribution in [3.05, 3.63) is 23.8 Å². The summed E-state index contributed by atoms with van der Waals surface area (Å²) < 4.78 is 1.25. The van der Waals surface area contributed by atoms with Gasteiger partial charge in [-0.25, -0.2) is 4.98 Å². The average Bonchev–Trinajstić information content (AvgIpc) is 3.23. The van der Waals surface area contributed by atoms with Crippen molar-refractivity contribution in [2.45, 2.75) is 38.6 Å². The third kappa shape index (κ3) is 2.82. The third-order valence-electron chi connectivity index (χ3n) is 4.59. The number of thiazole rings is 1. The zero-order chi connectivity index (χ0) is 15.1. The molecule has 4 rings (SSSR count). The fraction of sp³-hybridized carbons (Fsp3) is 0.529. The van der Waals surface area contributed by atoms with Crippen LogP contribution in [0.2, 0.25) is 0 Å². The van der Waals surface area contributed by atoms with E-state index < -0.39 is 0 Å². The number of hydrogen-bond acceptors (Lipinski definition) is 4. The normalized spacial score (nSPS) is 19.6. The average molecular weight is 315 g/mol. The first kappa shape index (κ1) is 14.0. The molecule has 116 valence electrons. The van der Waals surface area contributed by atoms with E-state index in [-0.39, 0.29) is 11.8 Å². The summed E-state index contributed by atoms with van der Waals surface area (Å²) in [6, 6.07) is 6.88. The van der Waals surface area contributed by atoms with E-state index in [1.54, 1.807) is 11.3 Å². The van der Waals surface area contributed by atoms with Gasteiger partial charge in [0.25, 0.3) is 0 Å².